The lowest BCUT2D eigenvalue weighted by Crippen LogP contribution is -2.44. The van der Waals surface area contributed by atoms with Gasteiger partial charge in [0, 0.05) is 38.1 Å². The first-order valence-corrected chi connectivity index (χ1v) is 8.03. The van der Waals surface area contributed by atoms with Crippen molar-refractivity contribution >= 4 is 6.03 Å². The number of phenols is 1. The summed E-state index contributed by atoms with van der Waals surface area (Å²) >= 11 is 0. The van der Waals surface area contributed by atoms with E-state index in [1.807, 2.05) is 23.5 Å². The number of methoxy groups -OCH3 is 1. The molecule has 7 heteroatoms. The molecule has 2 amide bonds. The molecule has 0 spiro atoms. The average molecular weight is 330 g/mol. The minimum Gasteiger partial charge on any atom is -0.504 e. The topological polar surface area (TPSA) is 79.6 Å². The number of nitrogens with one attached hydrogen (secondary N) is 1. The summed E-state index contributed by atoms with van der Waals surface area (Å²) in [6.07, 6.45) is 7.43. The van der Waals surface area contributed by atoms with Gasteiger partial charge in [0.15, 0.2) is 11.5 Å². The van der Waals surface area contributed by atoms with E-state index < -0.39 is 0 Å². The zero-order chi connectivity index (χ0) is 16.9. The van der Waals surface area contributed by atoms with Gasteiger partial charge >= 0.3 is 6.03 Å². The predicted octanol–water partition coefficient (Wildman–Crippen LogP) is 2.14. The van der Waals surface area contributed by atoms with Gasteiger partial charge in [-0.2, -0.15) is 0 Å². The van der Waals surface area contributed by atoms with Gasteiger partial charge in [0.05, 0.1) is 13.4 Å². The molecular weight excluding hydrogens is 308 g/mol. The molecule has 1 fully saturated rings. The molecule has 1 aliphatic rings. The standard InChI is InChI=1S/C17H22N4O3/c1-24-16-3-2-13(10-15(16)22)11-19-17(23)20-7-4-14(5-8-20)21-9-6-18-12-21/h2-3,6,9-10,12,14,22H,4-5,7-8,11H2,1H3,(H,19,23). The largest absolute Gasteiger partial charge is 0.504 e. The van der Waals surface area contributed by atoms with E-state index >= 15 is 0 Å². The van der Waals surface area contributed by atoms with Gasteiger partial charge in [-0.05, 0) is 30.5 Å². The van der Waals surface area contributed by atoms with E-state index in [1.54, 1.807) is 18.3 Å². The summed E-state index contributed by atoms with van der Waals surface area (Å²) in [5, 5.41) is 12.7. The minimum atomic E-state index is -0.0746. The van der Waals surface area contributed by atoms with E-state index in [0.717, 1.165) is 31.5 Å². The van der Waals surface area contributed by atoms with Crippen molar-refractivity contribution in [2.75, 3.05) is 20.2 Å². The van der Waals surface area contributed by atoms with E-state index in [0.29, 0.717) is 18.3 Å². The van der Waals surface area contributed by atoms with Crippen LogP contribution in [0.2, 0.25) is 0 Å². The van der Waals surface area contributed by atoms with Crippen LogP contribution in [-0.4, -0.2) is 45.8 Å². The maximum atomic E-state index is 12.3. The molecule has 0 aliphatic carbocycles. The summed E-state index contributed by atoms with van der Waals surface area (Å²) in [6.45, 7) is 1.82. The third-order valence-corrected chi connectivity index (χ3v) is 4.39. The third-order valence-electron chi connectivity index (χ3n) is 4.39. The summed E-state index contributed by atoms with van der Waals surface area (Å²) in [5.41, 5.74) is 0.829. The van der Waals surface area contributed by atoms with Gasteiger partial charge in [0.2, 0.25) is 0 Å². The molecule has 2 heterocycles. The van der Waals surface area contributed by atoms with Crippen molar-refractivity contribution in [2.45, 2.75) is 25.4 Å². The molecule has 1 saturated heterocycles. The lowest BCUT2D eigenvalue weighted by Gasteiger charge is -2.32. The minimum absolute atomic E-state index is 0.0744. The van der Waals surface area contributed by atoms with Crippen molar-refractivity contribution in [3.8, 4) is 11.5 Å². The molecule has 2 aromatic rings. The smallest absolute Gasteiger partial charge is 0.317 e. The molecule has 2 N–H and O–H groups in total. The Morgan fingerprint density at radius 1 is 1.42 bits per heavy atom. The number of aromatic nitrogens is 2. The summed E-state index contributed by atoms with van der Waals surface area (Å²) in [7, 11) is 1.50. The molecule has 3 rings (SSSR count). The van der Waals surface area contributed by atoms with E-state index in [9.17, 15) is 9.90 Å². The number of hydrogen-bond acceptors (Lipinski definition) is 4. The lowest BCUT2D eigenvalue weighted by atomic mass is 10.1. The zero-order valence-electron chi connectivity index (χ0n) is 13.7. The van der Waals surface area contributed by atoms with Crippen molar-refractivity contribution in [1.29, 1.82) is 0 Å². The van der Waals surface area contributed by atoms with Crippen molar-refractivity contribution < 1.29 is 14.6 Å². The first-order chi connectivity index (χ1) is 11.7. The molecule has 7 nitrogen and oxygen atoms in total. The van der Waals surface area contributed by atoms with E-state index in [4.69, 9.17) is 4.74 Å². The number of piperidine rings is 1. The molecule has 1 aromatic carbocycles. The second-order valence-corrected chi connectivity index (χ2v) is 5.89. The summed E-state index contributed by atoms with van der Waals surface area (Å²) in [4.78, 5) is 18.2. The highest BCUT2D eigenvalue weighted by molar-refractivity contribution is 5.74. The number of benzene rings is 1. The Bertz CT molecular complexity index is 679. The number of rotatable bonds is 4. The van der Waals surface area contributed by atoms with Crippen LogP contribution in [0.3, 0.4) is 0 Å². The second-order valence-electron chi connectivity index (χ2n) is 5.89. The van der Waals surface area contributed by atoms with Gasteiger partial charge in [-0.25, -0.2) is 9.78 Å². The van der Waals surface area contributed by atoms with Gasteiger partial charge in [0.25, 0.3) is 0 Å². The first-order valence-electron chi connectivity index (χ1n) is 8.03. The number of amides is 2. The Labute approximate surface area is 140 Å². The van der Waals surface area contributed by atoms with Crippen LogP contribution in [0, 0.1) is 0 Å². The van der Waals surface area contributed by atoms with Gasteiger partial charge in [-0.15, -0.1) is 0 Å². The molecule has 0 unspecified atom stereocenters. The monoisotopic (exact) mass is 330 g/mol. The molecular formula is C17H22N4O3. The molecule has 0 saturated carbocycles. The second kappa shape index (κ2) is 7.25. The van der Waals surface area contributed by atoms with Gasteiger partial charge < -0.3 is 24.6 Å². The van der Waals surface area contributed by atoms with Crippen LogP contribution in [0.1, 0.15) is 24.4 Å². The van der Waals surface area contributed by atoms with Gasteiger partial charge in [-0.1, -0.05) is 6.07 Å². The molecule has 1 aromatic heterocycles. The SMILES string of the molecule is COc1ccc(CNC(=O)N2CCC(n3ccnc3)CC2)cc1O. The highest BCUT2D eigenvalue weighted by atomic mass is 16.5. The number of ether oxygens (including phenoxy) is 1. The average Bonchev–Trinajstić information content (AvgIpc) is 3.14. The molecule has 0 bridgehead atoms. The van der Waals surface area contributed by atoms with Crippen LogP contribution in [0.25, 0.3) is 0 Å². The number of urea groups is 1. The quantitative estimate of drug-likeness (QED) is 0.900. The van der Waals surface area contributed by atoms with E-state index in [1.165, 1.54) is 7.11 Å². The summed E-state index contributed by atoms with van der Waals surface area (Å²) in [5.74, 6) is 0.497. The number of hydrogen-bond donors (Lipinski definition) is 2. The van der Waals surface area contributed by atoms with Crippen molar-refractivity contribution in [1.82, 2.24) is 19.8 Å². The van der Waals surface area contributed by atoms with Gasteiger partial charge in [0.1, 0.15) is 0 Å². The molecule has 0 atom stereocenters. The Hall–Kier alpha value is -2.70. The normalized spacial score (nSPS) is 15.3. The van der Waals surface area contributed by atoms with Crippen molar-refractivity contribution in [3.63, 3.8) is 0 Å². The third kappa shape index (κ3) is 3.61. The fourth-order valence-electron chi connectivity index (χ4n) is 2.99. The number of carbonyl (C=O) groups excluding carboxylic acids is 1. The highest BCUT2D eigenvalue weighted by Crippen LogP contribution is 2.26. The van der Waals surface area contributed by atoms with Gasteiger partial charge in [-0.3, -0.25) is 0 Å². The maximum Gasteiger partial charge on any atom is 0.317 e. The van der Waals surface area contributed by atoms with Crippen molar-refractivity contribution in [3.05, 3.63) is 42.5 Å². The summed E-state index contributed by atoms with van der Waals surface area (Å²) in [6, 6.07) is 5.45. The van der Waals surface area contributed by atoms with E-state index in [-0.39, 0.29) is 11.8 Å². The zero-order valence-corrected chi connectivity index (χ0v) is 13.7. The fourth-order valence-corrected chi connectivity index (χ4v) is 2.99. The van der Waals surface area contributed by atoms with Crippen LogP contribution in [0.4, 0.5) is 4.79 Å². The van der Waals surface area contributed by atoms with E-state index in [2.05, 4.69) is 14.9 Å². The first kappa shape index (κ1) is 16.2. The Morgan fingerprint density at radius 3 is 2.83 bits per heavy atom. The Morgan fingerprint density at radius 2 is 2.21 bits per heavy atom. The number of imidazole rings is 1. The predicted molar refractivity (Wildman–Crippen MR) is 89.0 cm³/mol. The maximum absolute atomic E-state index is 12.3. The Balaban J connectivity index is 1.48. The van der Waals surface area contributed by atoms with Crippen LogP contribution in [0.5, 0.6) is 11.5 Å². The fraction of sp³-hybridized carbons (Fsp3) is 0.412. The van der Waals surface area contributed by atoms with Crippen LogP contribution < -0.4 is 10.1 Å². The number of carbonyl (C=O) groups is 1. The molecule has 24 heavy (non-hydrogen) atoms. The molecule has 0 radical (unpaired) electrons. The number of phenolic OH excluding ortho intramolecular Hbond substituents is 1. The lowest BCUT2D eigenvalue weighted by molar-refractivity contribution is 0.171. The van der Waals surface area contributed by atoms with Crippen LogP contribution in [0.15, 0.2) is 36.9 Å². The van der Waals surface area contributed by atoms with Crippen LogP contribution >= 0.6 is 0 Å². The van der Waals surface area contributed by atoms with Crippen molar-refractivity contribution in [2.24, 2.45) is 0 Å². The number of likely N-dealkylation sites (tertiary alicyclic amines) is 1. The summed E-state index contributed by atoms with van der Waals surface area (Å²) < 4.78 is 7.12. The number of aromatic hydroxyl groups is 1. The highest BCUT2D eigenvalue weighted by Gasteiger charge is 2.23. The Kier molecular flexibility index (Phi) is 4.88. The molecule has 1 aliphatic heterocycles. The van der Waals surface area contributed by atoms with Crippen LogP contribution in [-0.2, 0) is 6.54 Å². The number of nitrogens with zero attached hydrogens (tertiary/aromatic N) is 3. The molecule has 128 valence electrons.